The standard InChI is InChI=1S/C10H14N2O2S/c13-9(14)5-8-6-15-10(12-8)7-1-3-11-4-2-7/h6-7,11H,1-5H2,(H,13,14). The van der Waals surface area contributed by atoms with Gasteiger partial charge in [0.25, 0.3) is 0 Å². The molecule has 0 unspecified atom stereocenters. The maximum atomic E-state index is 10.4. The second-order valence-corrected chi connectivity index (χ2v) is 4.76. The maximum Gasteiger partial charge on any atom is 0.0963 e. The fourth-order valence-corrected chi connectivity index (χ4v) is 2.90. The summed E-state index contributed by atoms with van der Waals surface area (Å²) < 4.78 is 0. The number of rotatable bonds is 3. The van der Waals surface area contributed by atoms with Crippen LogP contribution in [-0.2, 0) is 11.2 Å². The Hall–Kier alpha value is -0.940. The highest BCUT2D eigenvalue weighted by Gasteiger charge is 2.20. The second kappa shape index (κ2) is 4.72. The van der Waals surface area contributed by atoms with Crippen LogP contribution in [0.3, 0.4) is 0 Å². The van der Waals surface area contributed by atoms with E-state index in [1.54, 1.807) is 11.3 Å². The van der Waals surface area contributed by atoms with E-state index >= 15 is 0 Å². The van der Waals surface area contributed by atoms with Crippen molar-refractivity contribution in [3.63, 3.8) is 0 Å². The summed E-state index contributed by atoms with van der Waals surface area (Å²) in [6.07, 6.45) is 2.24. The highest BCUT2D eigenvalue weighted by molar-refractivity contribution is 7.09. The van der Waals surface area contributed by atoms with Crippen LogP contribution in [0.4, 0.5) is 0 Å². The normalized spacial score (nSPS) is 17.9. The van der Waals surface area contributed by atoms with Gasteiger partial charge in [0.05, 0.1) is 23.8 Å². The van der Waals surface area contributed by atoms with E-state index < -0.39 is 5.97 Å². The van der Waals surface area contributed by atoms with Crippen molar-refractivity contribution < 1.29 is 15.2 Å². The number of aromatic nitrogens is 1. The number of quaternary nitrogens is 1. The first-order chi connectivity index (χ1) is 7.25. The molecule has 15 heavy (non-hydrogen) atoms. The number of nitrogens with two attached hydrogens (primary N) is 1. The van der Waals surface area contributed by atoms with Gasteiger partial charge in [-0.1, -0.05) is 0 Å². The third kappa shape index (κ3) is 2.76. The number of piperidine rings is 1. The lowest BCUT2D eigenvalue weighted by Crippen LogP contribution is -2.86. The number of carboxylic acids is 1. The van der Waals surface area contributed by atoms with E-state index in [4.69, 9.17) is 0 Å². The number of hydrogen-bond acceptors (Lipinski definition) is 4. The number of hydrogen-bond donors (Lipinski definition) is 1. The Balaban J connectivity index is 2.02. The van der Waals surface area contributed by atoms with Gasteiger partial charge in [-0.25, -0.2) is 4.98 Å². The molecular formula is C10H14N2O2S. The molecule has 1 aliphatic heterocycles. The zero-order chi connectivity index (χ0) is 10.7. The molecule has 0 radical (unpaired) electrons. The quantitative estimate of drug-likeness (QED) is 0.709. The molecule has 0 bridgehead atoms. The van der Waals surface area contributed by atoms with E-state index in [1.165, 1.54) is 0 Å². The molecule has 0 aliphatic carbocycles. The third-order valence-corrected chi connectivity index (χ3v) is 3.74. The second-order valence-electron chi connectivity index (χ2n) is 3.87. The van der Waals surface area contributed by atoms with Crippen LogP contribution in [0.15, 0.2) is 5.38 Å². The van der Waals surface area contributed by atoms with E-state index in [0.29, 0.717) is 11.6 Å². The number of nitrogens with zero attached hydrogens (tertiary/aromatic N) is 1. The Morgan fingerprint density at radius 2 is 2.33 bits per heavy atom. The topological polar surface area (TPSA) is 69.6 Å². The van der Waals surface area contributed by atoms with Crippen LogP contribution in [0.25, 0.3) is 0 Å². The number of carboxylic acid groups (broad SMARTS) is 1. The molecule has 4 nitrogen and oxygen atoms in total. The molecule has 1 aromatic rings. The third-order valence-electron chi connectivity index (χ3n) is 2.68. The van der Waals surface area contributed by atoms with Crippen molar-refractivity contribution in [2.45, 2.75) is 25.2 Å². The lowest BCUT2D eigenvalue weighted by molar-refractivity contribution is -0.663. The van der Waals surface area contributed by atoms with Crippen LogP contribution in [0.2, 0.25) is 0 Å². The smallest absolute Gasteiger partial charge is 0.0963 e. The molecular weight excluding hydrogens is 212 g/mol. The Labute approximate surface area is 92.3 Å². The average Bonchev–Trinajstić information content (AvgIpc) is 2.67. The molecule has 2 rings (SSSR count). The largest absolute Gasteiger partial charge is 0.550 e. The molecule has 2 heterocycles. The van der Waals surface area contributed by atoms with E-state index in [9.17, 15) is 9.90 Å². The number of thiazole rings is 1. The SMILES string of the molecule is O=C([O-])Cc1csc(C2CC[NH2+]CC2)n1. The van der Waals surface area contributed by atoms with Gasteiger partial charge in [-0.3, -0.25) is 0 Å². The van der Waals surface area contributed by atoms with Crippen molar-refractivity contribution in [1.29, 1.82) is 0 Å². The van der Waals surface area contributed by atoms with Crippen LogP contribution in [0, 0.1) is 0 Å². The van der Waals surface area contributed by atoms with Crippen molar-refractivity contribution in [2.75, 3.05) is 13.1 Å². The van der Waals surface area contributed by atoms with Crippen molar-refractivity contribution in [1.82, 2.24) is 4.98 Å². The minimum absolute atomic E-state index is 0.0602. The molecule has 0 atom stereocenters. The summed E-state index contributed by atoms with van der Waals surface area (Å²) in [4.78, 5) is 14.8. The Morgan fingerprint density at radius 1 is 1.60 bits per heavy atom. The Bertz CT molecular complexity index is 345. The minimum atomic E-state index is -1.05. The van der Waals surface area contributed by atoms with Crippen LogP contribution in [0.1, 0.15) is 29.5 Å². The molecule has 1 saturated heterocycles. The summed E-state index contributed by atoms with van der Waals surface area (Å²) >= 11 is 1.58. The number of carbonyl (C=O) groups excluding carboxylic acids is 1. The molecule has 0 spiro atoms. The highest BCUT2D eigenvalue weighted by Crippen LogP contribution is 2.26. The average molecular weight is 226 g/mol. The van der Waals surface area contributed by atoms with Gasteiger partial charge in [0.1, 0.15) is 0 Å². The fourth-order valence-electron chi connectivity index (χ4n) is 1.91. The molecule has 0 saturated carbocycles. The minimum Gasteiger partial charge on any atom is -0.550 e. The van der Waals surface area contributed by atoms with Crippen molar-refractivity contribution >= 4 is 17.3 Å². The molecule has 5 heteroatoms. The summed E-state index contributed by atoms with van der Waals surface area (Å²) in [6, 6.07) is 0. The first kappa shape index (κ1) is 10.6. The van der Waals surface area contributed by atoms with Gasteiger partial charge in [0.2, 0.25) is 0 Å². The zero-order valence-corrected chi connectivity index (χ0v) is 9.26. The summed E-state index contributed by atoms with van der Waals surface area (Å²) in [5.74, 6) is -0.515. The molecule has 1 fully saturated rings. The summed E-state index contributed by atoms with van der Waals surface area (Å²) in [5.41, 5.74) is 0.643. The monoisotopic (exact) mass is 226 g/mol. The van der Waals surface area contributed by atoms with E-state index in [2.05, 4.69) is 10.3 Å². The van der Waals surface area contributed by atoms with Gasteiger partial charge in [0.15, 0.2) is 0 Å². The van der Waals surface area contributed by atoms with Crippen LogP contribution in [-0.4, -0.2) is 24.0 Å². The molecule has 0 aromatic carbocycles. The predicted octanol–water partition coefficient (Wildman–Crippen LogP) is -1.12. The first-order valence-corrected chi connectivity index (χ1v) is 6.09. The zero-order valence-electron chi connectivity index (χ0n) is 8.44. The molecule has 1 aliphatic rings. The van der Waals surface area contributed by atoms with Gasteiger partial charge in [-0.2, -0.15) is 0 Å². The van der Waals surface area contributed by atoms with E-state index in [-0.39, 0.29) is 6.42 Å². The van der Waals surface area contributed by atoms with Gasteiger partial charge < -0.3 is 15.2 Å². The van der Waals surface area contributed by atoms with Gasteiger partial charge >= 0.3 is 0 Å². The van der Waals surface area contributed by atoms with Crippen molar-refractivity contribution in [2.24, 2.45) is 0 Å². The van der Waals surface area contributed by atoms with Gasteiger partial charge in [-0.15, -0.1) is 11.3 Å². The summed E-state index contributed by atoms with van der Waals surface area (Å²) in [6.45, 7) is 2.31. The maximum absolute atomic E-state index is 10.4. The van der Waals surface area contributed by atoms with Crippen LogP contribution < -0.4 is 10.4 Å². The number of carbonyl (C=O) groups is 1. The molecule has 0 amide bonds. The van der Waals surface area contributed by atoms with Gasteiger partial charge in [-0.05, 0) is 0 Å². The first-order valence-electron chi connectivity index (χ1n) is 5.21. The summed E-state index contributed by atoms with van der Waals surface area (Å²) in [7, 11) is 0. The summed E-state index contributed by atoms with van der Waals surface area (Å²) in [5, 5.41) is 15.6. The van der Waals surface area contributed by atoms with Crippen LogP contribution >= 0.6 is 11.3 Å². The van der Waals surface area contributed by atoms with Crippen LogP contribution in [0.5, 0.6) is 0 Å². The predicted molar refractivity (Wildman–Crippen MR) is 54.5 cm³/mol. The fraction of sp³-hybridized carbons (Fsp3) is 0.600. The highest BCUT2D eigenvalue weighted by atomic mass is 32.1. The number of aliphatic carboxylic acids is 1. The van der Waals surface area contributed by atoms with E-state index in [0.717, 1.165) is 30.9 Å². The van der Waals surface area contributed by atoms with Crippen molar-refractivity contribution in [3.8, 4) is 0 Å². The molecule has 2 N–H and O–H groups in total. The lowest BCUT2D eigenvalue weighted by Gasteiger charge is -2.17. The van der Waals surface area contributed by atoms with Gasteiger partial charge in [0, 0.05) is 36.5 Å². The Morgan fingerprint density at radius 3 is 3.00 bits per heavy atom. The van der Waals surface area contributed by atoms with E-state index in [1.807, 2.05) is 5.38 Å². The molecule has 1 aromatic heterocycles. The Kier molecular flexibility index (Phi) is 3.33. The lowest BCUT2D eigenvalue weighted by atomic mass is 9.99. The molecule has 82 valence electrons. The van der Waals surface area contributed by atoms with Crippen molar-refractivity contribution in [3.05, 3.63) is 16.1 Å².